The highest BCUT2D eigenvalue weighted by Crippen LogP contribution is 2.28. The normalized spacial score (nSPS) is 15.3. The van der Waals surface area contributed by atoms with Crippen molar-refractivity contribution in [3.8, 4) is 17.2 Å². The van der Waals surface area contributed by atoms with Gasteiger partial charge in [0.2, 0.25) is 5.89 Å². The number of oxazole rings is 1. The van der Waals surface area contributed by atoms with Crippen molar-refractivity contribution in [1.29, 1.82) is 0 Å². The Balaban J connectivity index is 1.33. The summed E-state index contributed by atoms with van der Waals surface area (Å²) in [6.07, 6.45) is 0.780. The monoisotopic (exact) mass is 348 g/mol. The third-order valence-corrected chi connectivity index (χ3v) is 4.51. The van der Waals surface area contributed by atoms with Crippen LogP contribution in [0.25, 0.3) is 11.5 Å². The first-order valence-electron chi connectivity index (χ1n) is 8.75. The number of aryl methyl sites for hydroxylation is 1. The quantitative estimate of drug-likeness (QED) is 0.768. The predicted octanol–water partition coefficient (Wildman–Crippen LogP) is 3.31. The second-order valence-corrected chi connectivity index (χ2v) is 6.35. The Kier molecular flexibility index (Phi) is 4.44. The Morgan fingerprint density at radius 1 is 1.15 bits per heavy atom. The van der Waals surface area contributed by atoms with Gasteiger partial charge >= 0.3 is 0 Å². The maximum absolute atomic E-state index is 12.3. The number of hydrogen-bond donors (Lipinski definition) is 1. The minimum Gasteiger partial charge on any atom is -0.480 e. The number of nitrogens with one attached hydrogen (secondary N) is 1. The van der Waals surface area contributed by atoms with Crippen molar-refractivity contribution < 1.29 is 13.9 Å². The average molecular weight is 348 g/mol. The molecule has 1 aliphatic heterocycles. The number of nitrogens with zero attached hydrogens (tertiary/aromatic N) is 1. The molecule has 1 unspecified atom stereocenters. The topological polar surface area (TPSA) is 64.4 Å². The van der Waals surface area contributed by atoms with Crippen molar-refractivity contribution in [3.05, 3.63) is 71.6 Å². The number of rotatable bonds is 5. The van der Waals surface area contributed by atoms with Crippen molar-refractivity contribution in [2.75, 3.05) is 6.54 Å². The summed E-state index contributed by atoms with van der Waals surface area (Å²) in [5.41, 5.74) is 2.88. The fourth-order valence-electron chi connectivity index (χ4n) is 3.11. The molecule has 3 aromatic rings. The van der Waals surface area contributed by atoms with E-state index in [4.69, 9.17) is 9.15 Å². The van der Waals surface area contributed by atoms with E-state index in [2.05, 4.69) is 10.3 Å². The number of amides is 1. The summed E-state index contributed by atoms with van der Waals surface area (Å²) in [4.78, 5) is 16.9. The van der Waals surface area contributed by atoms with Crippen molar-refractivity contribution in [1.82, 2.24) is 10.3 Å². The summed E-state index contributed by atoms with van der Waals surface area (Å²) in [5.74, 6) is 2.10. The molecule has 2 heterocycles. The molecule has 0 fully saturated rings. The number of aromatic nitrogens is 1. The number of carbonyl (C=O) groups excluding carboxylic acids is 1. The molecule has 0 radical (unpaired) electrons. The van der Waals surface area contributed by atoms with E-state index in [1.807, 2.05) is 61.5 Å². The van der Waals surface area contributed by atoms with Crippen molar-refractivity contribution in [3.63, 3.8) is 0 Å². The van der Waals surface area contributed by atoms with E-state index in [0.717, 1.165) is 28.3 Å². The highest BCUT2D eigenvalue weighted by Gasteiger charge is 2.28. The summed E-state index contributed by atoms with van der Waals surface area (Å²) >= 11 is 0. The van der Waals surface area contributed by atoms with E-state index >= 15 is 0 Å². The van der Waals surface area contributed by atoms with Gasteiger partial charge in [0, 0.05) is 24.9 Å². The van der Waals surface area contributed by atoms with Crippen LogP contribution in [-0.4, -0.2) is 23.5 Å². The summed E-state index contributed by atoms with van der Waals surface area (Å²) in [5, 5.41) is 2.94. The van der Waals surface area contributed by atoms with Gasteiger partial charge in [0.15, 0.2) is 6.10 Å². The Morgan fingerprint density at radius 2 is 1.92 bits per heavy atom. The van der Waals surface area contributed by atoms with Crippen LogP contribution in [0.4, 0.5) is 0 Å². The Labute approximate surface area is 152 Å². The minimum atomic E-state index is -0.453. The Morgan fingerprint density at radius 3 is 2.73 bits per heavy atom. The lowest BCUT2D eigenvalue weighted by atomic mass is 10.1. The van der Waals surface area contributed by atoms with Gasteiger partial charge in [-0.3, -0.25) is 4.79 Å². The third-order valence-electron chi connectivity index (χ3n) is 4.51. The molecular formula is C21H20N2O3. The molecule has 5 heteroatoms. The minimum absolute atomic E-state index is 0.0920. The molecule has 26 heavy (non-hydrogen) atoms. The lowest BCUT2D eigenvalue weighted by Gasteiger charge is -2.10. The molecule has 4 rings (SSSR count). The third kappa shape index (κ3) is 3.33. The van der Waals surface area contributed by atoms with E-state index in [1.165, 1.54) is 0 Å². The highest BCUT2D eigenvalue weighted by molar-refractivity contribution is 5.82. The highest BCUT2D eigenvalue weighted by atomic mass is 16.5. The molecule has 132 valence electrons. The molecule has 1 atom stereocenters. The molecule has 1 amide bonds. The van der Waals surface area contributed by atoms with Gasteiger partial charge in [-0.2, -0.15) is 0 Å². The maximum Gasteiger partial charge on any atom is 0.261 e. The molecule has 5 nitrogen and oxygen atoms in total. The van der Waals surface area contributed by atoms with E-state index in [-0.39, 0.29) is 5.91 Å². The van der Waals surface area contributed by atoms with Crippen molar-refractivity contribution in [2.24, 2.45) is 0 Å². The first kappa shape index (κ1) is 16.4. The summed E-state index contributed by atoms with van der Waals surface area (Å²) in [6.45, 7) is 2.39. The van der Waals surface area contributed by atoms with Gasteiger partial charge in [0.1, 0.15) is 11.5 Å². The number of ether oxygens (including phenoxy) is 1. The van der Waals surface area contributed by atoms with Crippen LogP contribution in [0.2, 0.25) is 0 Å². The number of hydrogen-bond acceptors (Lipinski definition) is 4. The predicted molar refractivity (Wildman–Crippen MR) is 98.0 cm³/mol. The SMILES string of the molecule is Cc1oc(-c2ccccc2)nc1CCNC(=O)C1Cc2ccccc2O1. The lowest BCUT2D eigenvalue weighted by molar-refractivity contribution is -0.127. The van der Waals surface area contributed by atoms with E-state index < -0.39 is 6.10 Å². The molecule has 0 saturated heterocycles. The number of para-hydroxylation sites is 1. The van der Waals surface area contributed by atoms with Crippen LogP contribution in [0.5, 0.6) is 5.75 Å². The molecular weight excluding hydrogens is 328 g/mol. The molecule has 0 spiro atoms. The molecule has 1 aliphatic rings. The summed E-state index contributed by atoms with van der Waals surface area (Å²) in [6, 6.07) is 17.6. The van der Waals surface area contributed by atoms with Crippen molar-refractivity contribution in [2.45, 2.75) is 25.9 Å². The maximum atomic E-state index is 12.3. The largest absolute Gasteiger partial charge is 0.480 e. The summed E-state index contributed by atoms with van der Waals surface area (Å²) < 4.78 is 11.5. The molecule has 2 aromatic carbocycles. The summed E-state index contributed by atoms with van der Waals surface area (Å²) in [7, 11) is 0. The van der Waals surface area contributed by atoms with Crippen LogP contribution < -0.4 is 10.1 Å². The zero-order chi connectivity index (χ0) is 17.9. The number of carbonyl (C=O) groups is 1. The van der Waals surface area contributed by atoms with Crippen LogP contribution in [-0.2, 0) is 17.6 Å². The van der Waals surface area contributed by atoms with E-state index in [1.54, 1.807) is 0 Å². The van der Waals surface area contributed by atoms with Crippen LogP contribution >= 0.6 is 0 Å². The van der Waals surface area contributed by atoms with Crippen LogP contribution in [0, 0.1) is 6.92 Å². The molecule has 0 bridgehead atoms. The van der Waals surface area contributed by atoms with Crippen LogP contribution in [0.3, 0.4) is 0 Å². The van der Waals surface area contributed by atoms with Crippen LogP contribution in [0.1, 0.15) is 17.0 Å². The first-order valence-corrected chi connectivity index (χ1v) is 8.75. The molecule has 1 N–H and O–H groups in total. The number of fused-ring (bicyclic) bond motifs is 1. The molecule has 0 saturated carbocycles. The zero-order valence-electron chi connectivity index (χ0n) is 14.6. The van der Waals surface area contributed by atoms with Crippen molar-refractivity contribution >= 4 is 5.91 Å². The Bertz CT molecular complexity index is 893. The van der Waals surface area contributed by atoms with E-state index in [0.29, 0.717) is 25.3 Å². The van der Waals surface area contributed by atoms with E-state index in [9.17, 15) is 4.79 Å². The van der Waals surface area contributed by atoms with Gasteiger partial charge in [-0.25, -0.2) is 4.98 Å². The van der Waals surface area contributed by atoms with Gasteiger partial charge < -0.3 is 14.5 Å². The standard InChI is InChI=1S/C21H20N2O3/c1-14-17(23-21(25-14)15-7-3-2-4-8-15)11-12-22-20(24)19-13-16-9-5-6-10-18(16)26-19/h2-10,19H,11-13H2,1H3,(H,22,24). The Hall–Kier alpha value is -3.08. The van der Waals surface area contributed by atoms with Crippen LogP contribution in [0.15, 0.2) is 59.0 Å². The van der Waals surface area contributed by atoms with Gasteiger partial charge in [-0.05, 0) is 30.7 Å². The molecule has 1 aromatic heterocycles. The average Bonchev–Trinajstić information content (AvgIpc) is 3.26. The van der Waals surface area contributed by atoms with Gasteiger partial charge in [0.25, 0.3) is 5.91 Å². The second kappa shape index (κ2) is 7.04. The fraction of sp³-hybridized carbons (Fsp3) is 0.238. The van der Waals surface area contributed by atoms with Gasteiger partial charge in [-0.1, -0.05) is 36.4 Å². The first-order chi connectivity index (χ1) is 12.7. The smallest absolute Gasteiger partial charge is 0.261 e. The van der Waals surface area contributed by atoms with Gasteiger partial charge in [-0.15, -0.1) is 0 Å². The fourth-order valence-corrected chi connectivity index (χ4v) is 3.11. The van der Waals surface area contributed by atoms with Gasteiger partial charge in [0.05, 0.1) is 5.69 Å². The zero-order valence-corrected chi connectivity index (χ0v) is 14.6. The molecule has 0 aliphatic carbocycles. The number of benzene rings is 2. The second-order valence-electron chi connectivity index (χ2n) is 6.35. The lowest BCUT2D eigenvalue weighted by Crippen LogP contribution is -2.38.